The Bertz CT molecular complexity index is 721. The monoisotopic (exact) mass is 305 g/mol. The van der Waals surface area contributed by atoms with Crippen LogP contribution in [0.1, 0.15) is 42.9 Å². The Balaban J connectivity index is 2.34. The van der Waals surface area contributed by atoms with Crippen LogP contribution in [0.4, 0.5) is 0 Å². The molecule has 0 bridgehead atoms. The van der Waals surface area contributed by atoms with Gasteiger partial charge in [0.25, 0.3) is 0 Å². The number of methoxy groups -OCH3 is 1. The summed E-state index contributed by atoms with van der Waals surface area (Å²) >= 11 is 0. The molecule has 2 aromatic rings. The number of hydrogen-bond donors (Lipinski definition) is 0. The number of rotatable bonds is 4. The van der Waals surface area contributed by atoms with Gasteiger partial charge in [0.15, 0.2) is 11.8 Å². The summed E-state index contributed by atoms with van der Waals surface area (Å²) < 4.78 is 11.4. The lowest BCUT2D eigenvalue weighted by atomic mass is 10.1. The van der Waals surface area contributed by atoms with E-state index in [2.05, 4.69) is 14.8 Å². The van der Waals surface area contributed by atoms with Gasteiger partial charge in [-0.3, -0.25) is 0 Å². The molecule has 0 fully saturated rings. The Morgan fingerprint density at radius 1 is 1.27 bits per heavy atom. The summed E-state index contributed by atoms with van der Waals surface area (Å²) in [7, 11) is 1.24. The largest absolute Gasteiger partial charge is 0.466 e. The number of aromatic nitrogens is 3. The summed E-state index contributed by atoms with van der Waals surface area (Å²) in [6, 6.07) is 1.84. The van der Waals surface area contributed by atoms with Crippen molar-refractivity contribution >= 4 is 23.0 Å². The normalized spacial score (nSPS) is 12.5. The van der Waals surface area contributed by atoms with Crippen molar-refractivity contribution in [2.75, 3.05) is 7.11 Å². The summed E-state index contributed by atoms with van der Waals surface area (Å²) in [5.41, 5.74) is 1.55. The van der Waals surface area contributed by atoms with Crippen LogP contribution in [0.2, 0.25) is 0 Å². The summed E-state index contributed by atoms with van der Waals surface area (Å²) in [6.45, 7) is 7.19. The van der Waals surface area contributed by atoms with E-state index in [1.165, 1.54) is 14.0 Å². The van der Waals surface area contributed by atoms with Gasteiger partial charge in [0.05, 0.1) is 24.6 Å². The van der Waals surface area contributed by atoms with Crippen molar-refractivity contribution in [3.05, 3.63) is 23.5 Å². The first-order chi connectivity index (χ1) is 10.3. The standard InChI is InChI=1S/C15H19N3O4/c1-8(2)18-13-11(7-16-18)6-12(9(3)17-13)15(20)22-10(4)14(19)21-5/h6-8,10H,1-5H3/t10-/m1/s1. The molecule has 0 amide bonds. The van der Waals surface area contributed by atoms with E-state index in [0.29, 0.717) is 16.9 Å². The summed E-state index contributed by atoms with van der Waals surface area (Å²) in [6.07, 6.45) is 0.688. The first-order valence-corrected chi connectivity index (χ1v) is 6.98. The number of aryl methyl sites for hydroxylation is 1. The number of esters is 2. The first-order valence-electron chi connectivity index (χ1n) is 6.98. The van der Waals surface area contributed by atoms with E-state index < -0.39 is 18.0 Å². The molecule has 0 saturated carbocycles. The maximum absolute atomic E-state index is 12.2. The zero-order chi connectivity index (χ0) is 16.4. The highest BCUT2D eigenvalue weighted by Gasteiger charge is 2.22. The molecule has 0 radical (unpaired) electrons. The highest BCUT2D eigenvalue weighted by atomic mass is 16.6. The minimum atomic E-state index is -0.967. The number of carbonyl (C=O) groups excluding carboxylic acids is 2. The van der Waals surface area contributed by atoms with Crippen molar-refractivity contribution in [3.8, 4) is 0 Å². The van der Waals surface area contributed by atoms with Crippen LogP contribution in [0.25, 0.3) is 11.0 Å². The lowest BCUT2D eigenvalue weighted by Crippen LogP contribution is -2.25. The van der Waals surface area contributed by atoms with E-state index in [9.17, 15) is 9.59 Å². The maximum atomic E-state index is 12.2. The third-order valence-corrected chi connectivity index (χ3v) is 3.29. The molecule has 0 aliphatic rings. The molecule has 118 valence electrons. The van der Waals surface area contributed by atoms with E-state index >= 15 is 0 Å². The first kappa shape index (κ1) is 15.9. The fourth-order valence-electron chi connectivity index (χ4n) is 2.09. The molecule has 2 aromatic heterocycles. The number of fused-ring (bicyclic) bond motifs is 1. The van der Waals surface area contributed by atoms with Crippen LogP contribution >= 0.6 is 0 Å². The fraction of sp³-hybridized carbons (Fsp3) is 0.467. The molecule has 0 aliphatic heterocycles. The van der Waals surface area contributed by atoms with Crippen molar-refractivity contribution in [2.45, 2.75) is 39.8 Å². The topological polar surface area (TPSA) is 83.3 Å². The molecular weight excluding hydrogens is 286 g/mol. The number of ether oxygens (including phenoxy) is 2. The van der Waals surface area contributed by atoms with Gasteiger partial charge in [0, 0.05) is 11.4 Å². The van der Waals surface area contributed by atoms with E-state index in [0.717, 1.165) is 5.39 Å². The third kappa shape index (κ3) is 2.93. The fourth-order valence-corrected chi connectivity index (χ4v) is 2.09. The zero-order valence-electron chi connectivity index (χ0n) is 13.3. The van der Waals surface area contributed by atoms with Gasteiger partial charge in [-0.05, 0) is 33.8 Å². The minimum Gasteiger partial charge on any atom is -0.466 e. The van der Waals surface area contributed by atoms with E-state index in [1.54, 1.807) is 23.9 Å². The van der Waals surface area contributed by atoms with Crippen LogP contribution in [0, 0.1) is 6.92 Å². The van der Waals surface area contributed by atoms with Gasteiger partial charge in [0.1, 0.15) is 0 Å². The van der Waals surface area contributed by atoms with Gasteiger partial charge in [-0.2, -0.15) is 5.10 Å². The Hall–Kier alpha value is -2.44. The SMILES string of the molecule is COC(=O)[C@@H](C)OC(=O)c1cc2cnn(C(C)C)c2nc1C. The number of nitrogens with zero attached hydrogens (tertiary/aromatic N) is 3. The zero-order valence-corrected chi connectivity index (χ0v) is 13.3. The van der Waals surface area contributed by atoms with Crippen molar-refractivity contribution in [2.24, 2.45) is 0 Å². The molecule has 0 N–H and O–H groups in total. The van der Waals surface area contributed by atoms with Crippen LogP contribution in [0.5, 0.6) is 0 Å². The van der Waals surface area contributed by atoms with E-state index in [-0.39, 0.29) is 6.04 Å². The maximum Gasteiger partial charge on any atom is 0.346 e. The van der Waals surface area contributed by atoms with Crippen LogP contribution in [0.15, 0.2) is 12.3 Å². The smallest absolute Gasteiger partial charge is 0.346 e. The molecule has 2 heterocycles. The summed E-state index contributed by atoms with van der Waals surface area (Å²) in [5.74, 6) is -1.21. The minimum absolute atomic E-state index is 0.168. The van der Waals surface area contributed by atoms with E-state index in [4.69, 9.17) is 4.74 Å². The van der Waals surface area contributed by atoms with Crippen LogP contribution in [-0.2, 0) is 14.3 Å². The second kappa shape index (κ2) is 6.13. The van der Waals surface area contributed by atoms with Gasteiger partial charge >= 0.3 is 11.9 Å². The van der Waals surface area contributed by atoms with Gasteiger partial charge in [-0.1, -0.05) is 0 Å². The summed E-state index contributed by atoms with van der Waals surface area (Å²) in [5, 5.41) is 5.01. The van der Waals surface area contributed by atoms with Crippen LogP contribution < -0.4 is 0 Å². The van der Waals surface area contributed by atoms with Crippen molar-refractivity contribution in [1.29, 1.82) is 0 Å². The van der Waals surface area contributed by atoms with Crippen LogP contribution in [-0.4, -0.2) is 39.9 Å². The molecule has 7 heteroatoms. The molecule has 2 rings (SSSR count). The average molecular weight is 305 g/mol. The Labute approximate surface area is 128 Å². The predicted molar refractivity (Wildman–Crippen MR) is 79.5 cm³/mol. The summed E-state index contributed by atoms with van der Waals surface area (Å²) in [4.78, 5) is 27.9. The van der Waals surface area contributed by atoms with E-state index in [1.807, 2.05) is 13.8 Å². The van der Waals surface area contributed by atoms with Gasteiger partial charge in [-0.25, -0.2) is 19.3 Å². The van der Waals surface area contributed by atoms with Crippen molar-refractivity contribution in [3.63, 3.8) is 0 Å². The van der Waals surface area contributed by atoms with Gasteiger partial charge in [-0.15, -0.1) is 0 Å². The third-order valence-electron chi connectivity index (χ3n) is 3.29. The molecule has 0 aliphatic carbocycles. The lowest BCUT2D eigenvalue weighted by molar-refractivity contribution is -0.149. The number of hydrogen-bond acceptors (Lipinski definition) is 6. The number of carbonyl (C=O) groups is 2. The average Bonchev–Trinajstić information content (AvgIpc) is 2.87. The molecule has 7 nitrogen and oxygen atoms in total. The lowest BCUT2D eigenvalue weighted by Gasteiger charge is -2.12. The van der Waals surface area contributed by atoms with Crippen molar-refractivity contribution in [1.82, 2.24) is 14.8 Å². The van der Waals surface area contributed by atoms with Crippen LogP contribution in [0.3, 0.4) is 0 Å². The Morgan fingerprint density at radius 2 is 1.95 bits per heavy atom. The second-order valence-corrected chi connectivity index (χ2v) is 5.29. The Morgan fingerprint density at radius 3 is 2.55 bits per heavy atom. The van der Waals surface area contributed by atoms with Gasteiger partial charge in [0.2, 0.25) is 0 Å². The predicted octanol–water partition coefficient (Wildman–Crippen LogP) is 2.04. The number of pyridine rings is 1. The molecule has 0 spiro atoms. The highest BCUT2D eigenvalue weighted by Crippen LogP contribution is 2.20. The second-order valence-electron chi connectivity index (χ2n) is 5.29. The molecule has 0 aromatic carbocycles. The molecule has 0 unspecified atom stereocenters. The Kier molecular flexibility index (Phi) is 4.44. The molecular formula is C15H19N3O4. The molecule has 1 atom stereocenters. The quantitative estimate of drug-likeness (QED) is 0.804. The van der Waals surface area contributed by atoms with Crippen molar-refractivity contribution < 1.29 is 19.1 Å². The molecule has 0 saturated heterocycles. The van der Waals surface area contributed by atoms with Gasteiger partial charge < -0.3 is 9.47 Å². The molecule has 22 heavy (non-hydrogen) atoms. The highest BCUT2D eigenvalue weighted by molar-refractivity contribution is 5.95.